The third kappa shape index (κ3) is 3.22. The summed E-state index contributed by atoms with van der Waals surface area (Å²) in [7, 11) is 0. The van der Waals surface area contributed by atoms with E-state index in [1.165, 1.54) is 18.3 Å². The number of hydrogen-bond acceptors (Lipinski definition) is 6. The summed E-state index contributed by atoms with van der Waals surface area (Å²) in [6.07, 6.45) is 1.27. The van der Waals surface area contributed by atoms with Crippen LogP contribution in [-0.2, 0) is 5.54 Å². The molecule has 0 radical (unpaired) electrons. The van der Waals surface area contributed by atoms with E-state index in [-0.39, 0.29) is 11.3 Å². The van der Waals surface area contributed by atoms with Crippen LogP contribution in [0.3, 0.4) is 0 Å². The normalized spacial score (nSPS) is 11.2. The number of aromatic carboxylic acids is 1. The van der Waals surface area contributed by atoms with Crippen LogP contribution in [0.2, 0.25) is 0 Å². The molecule has 0 spiro atoms. The summed E-state index contributed by atoms with van der Waals surface area (Å²) < 4.78 is 4.89. The molecule has 1 amide bonds. The molecule has 2 aromatic rings. The van der Waals surface area contributed by atoms with Gasteiger partial charge in [0.05, 0.1) is 5.54 Å². The van der Waals surface area contributed by atoms with Gasteiger partial charge in [-0.15, -0.1) is 0 Å². The van der Waals surface area contributed by atoms with Crippen molar-refractivity contribution >= 4 is 11.9 Å². The van der Waals surface area contributed by atoms with E-state index in [4.69, 9.17) is 9.63 Å². The number of nitrogens with zero attached hydrogens (tertiary/aromatic N) is 3. The predicted octanol–water partition coefficient (Wildman–Crippen LogP) is 1.14. The summed E-state index contributed by atoms with van der Waals surface area (Å²) in [6, 6.07) is 2.63. The number of amides is 1. The Kier molecular flexibility index (Phi) is 3.70. The number of nitrogens with one attached hydrogen (secondary N) is 1. The van der Waals surface area contributed by atoms with Crippen molar-refractivity contribution in [3.63, 3.8) is 0 Å². The molecule has 0 aliphatic heterocycles. The van der Waals surface area contributed by atoms with Crippen LogP contribution >= 0.6 is 0 Å². The molecule has 2 rings (SSSR count). The number of hydrogen-bond donors (Lipinski definition) is 2. The number of pyridine rings is 1. The largest absolute Gasteiger partial charge is 0.477 e. The number of carboxylic acid groups (broad SMARTS) is 1. The number of carbonyl (C=O) groups excluding carboxylic acids is 1. The first-order valence-electron chi connectivity index (χ1n) is 6.12. The molecular weight excluding hydrogens is 276 g/mol. The van der Waals surface area contributed by atoms with Crippen LogP contribution in [0.25, 0.3) is 0 Å². The number of aromatic nitrogens is 3. The average Bonchev–Trinajstić information content (AvgIpc) is 2.86. The van der Waals surface area contributed by atoms with Crippen molar-refractivity contribution in [2.45, 2.75) is 26.3 Å². The van der Waals surface area contributed by atoms with Gasteiger partial charge in [-0.1, -0.05) is 5.16 Å². The molecule has 0 unspecified atom stereocenters. The van der Waals surface area contributed by atoms with E-state index in [2.05, 4.69) is 20.4 Å². The second kappa shape index (κ2) is 5.31. The minimum Gasteiger partial charge on any atom is -0.477 e. The summed E-state index contributed by atoms with van der Waals surface area (Å²) in [5.41, 5.74) is -0.867. The van der Waals surface area contributed by atoms with Gasteiger partial charge in [0.25, 0.3) is 5.91 Å². The molecule has 2 heterocycles. The van der Waals surface area contributed by atoms with Gasteiger partial charge in [-0.05, 0) is 26.0 Å². The average molecular weight is 290 g/mol. The second-order valence-corrected chi connectivity index (χ2v) is 4.95. The molecule has 0 saturated carbocycles. The Labute approximate surface area is 120 Å². The quantitative estimate of drug-likeness (QED) is 0.866. The van der Waals surface area contributed by atoms with Gasteiger partial charge in [0.1, 0.15) is 5.69 Å². The highest BCUT2D eigenvalue weighted by molar-refractivity contribution is 5.97. The van der Waals surface area contributed by atoms with E-state index in [1.807, 2.05) is 0 Å². The van der Waals surface area contributed by atoms with Crippen molar-refractivity contribution in [2.24, 2.45) is 0 Å². The SMILES string of the molecule is Cc1nc(C(C)(C)NC(=O)c2ccnc(C(=O)O)c2)no1. The Morgan fingerprint density at radius 2 is 2.10 bits per heavy atom. The zero-order valence-electron chi connectivity index (χ0n) is 11.7. The fourth-order valence-corrected chi connectivity index (χ4v) is 1.65. The van der Waals surface area contributed by atoms with Gasteiger partial charge in [-0.3, -0.25) is 4.79 Å². The smallest absolute Gasteiger partial charge is 0.354 e. The fraction of sp³-hybridized carbons (Fsp3) is 0.308. The van der Waals surface area contributed by atoms with Gasteiger partial charge in [0, 0.05) is 18.7 Å². The van der Waals surface area contributed by atoms with Crippen LogP contribution in [0.15, 0.2) is 22.9 Å². The minimum atomic E-state index is -1.20. The van der Waals surface area contributed by atoms with Crippen LogP contribution in [0, 0.1) is 6.92 Å². The van der Waals surface area contributed by atoms with E-state index in [1.54, 1.807) is 20.8 Å². The molecule has 0 aliphatic rings. The van der Waals surface area contributed by atoms with Crippen molar-refractivity contribution in [3.05, 3.63) is 41.3 Å². The number of carbonyl (C=O) groups is 2. The highest BCUT2D eigenvalue weighted by Crippen LogP contribution is 2.17. The Bertz CT molecular complexity index is 693. The second-order valence-electron chi connectivity index (χ2n) is 4.95. The summed E-state index contributed by atoms with van der Waals surface area (Å²) >= 11 is 0. The van der Waals surface area contributed by atoms with E-state index < -0.39 is 17.4 Å². The van der Waals surface area contributed by atoms with Crippen molar-refractivity contribution in [3.8, 4) is 0 Å². The van der Waals surface area contributed by atoms with Gasteiger partial charge >= 0.3 is 5.97 Å². The first kappa shape index (κ1) is 14.6. The van der Waals surface area contributed by atoms with E-state index >= 15 is 0 Å². The molecular formula is C13H14N4O4. The maximum Gasteiger partial charge on any atom is 0.354 e. The topological polar surface area (TPSA) is 118 Å². The lowest BCUT2D eigenvalue weighted by atomic mass is 10.0. The molecule has 2 aromatic heterocycles. The third-order valence-electron chi connectivity index (χ3n) is 2.75. The molecule has 110 valence electrons. The lowest BCUT2D eigenvalue weighted by Gasteiger charge is -2.22. The molecule has 0 bridgehead atoms. The summed E-state index contributed by atoms with van der Waals surface area (Å²) in [5.74, 6) is -0.921. The maximum absolute atomic E-state index is 12.2. The fourth-order valence-electron chi connectivity index (χ4n) is 1.65. The summed E-state index contributed by atoms with van der Waals surface area (Å²) in [5, 5.41) is 15.4. The van der Waals surface area contributed by atoms with Crippen molar-refractivity contribution in [1.29, 1.82) is 0 Å². The van der Waals surface area contributed by atoms with Crippen LogP contribution in [0.5, 0.6) is 0 Å². The molecule has 8 heteroatoms. The summed E-state index contributed by atoms with van der Waals surface area (Å²) in [6.45, 7) is 5.08. The van der Waals surface area contributed by atoms with Crippen molar-refractivity contribution in [2.75, 3.05) is 0 Å². The van der Waals surface area contributed by atoms with Gasteiger partial charge in [-0.2, -0.15) is 4.98 Å². The molecule has 0 saturated heterocycles. The number of rotatable bonds is 4. The Balaban J connectivity index is 2.21. The minimum absolute atomic E-state index is 0.190. The van der Waals surface area contributed by atoms with Gasteiger partial charge < -0.3 is 14.9 Å². The Morgan fingerprint density at radius 1 is 1.38 bits per heavy atom. The summed E-state index contributed by atoms with van der Waals surface area (Å²) in [4.78, 5) is 30.8. The first-order valence-corrected chi connectivity index (χ1v) is 6.12. The van der Waals surface area contributed by atoms with Gasteiger partial charge in [0.15, 0.2) is 5.82 Å². The molecule has 8 nitrogen and oxygen atoms in total. The maximum atomic E-state index is 12.2. The van der Waals surface area contributed by atoms with Crippen molar-refractivity contribution in [1.82, 2.24) is 20.4 Å². The van der Waals surface area contributed by atoms with Crippen LogP contribution < -0.4 is 5.32 Å². The van der Waals surface area contributed by atoms with Crippen LogP contribution in [0.4, 0.5) is 0 Å². The van der Waals surface area contributed by atoms with E-state index in [0.29, 0.717) is 11.7 Å². The standard InChI is InChI=1S/C13H14N4O4/c1-7-15-12(17-21-7)13(2,3)16-10(18)8-4-5-14-9(6-8)11(19)20/h4-6H,1-3H3,(H,16,18)(H,19,20). The zero-order chi connectivity index (χ0) is 15.6. The van der Waals surface area contributed by atoms with E-state index in [0.717, 1.165) is 0 Å². The third-order valence-corrected chi connectivity index (χ3v) is 2.75. The Morgan fingerprint density at radius 3 is 2.67 bits per heavy atom. The molecule has 0 aromatic carbocycles. The van der Waals surface area contributed by atoms with Crippen LogP contribution in [-0.4, -0.2) is 32.1 Å². The van der Waals surface area contributed by atoms with E-state index in [9.17, 15) is 9.59 Å². The first-order chi connectivity index (χ1) is 9.79. The predicted molar refractivity (Wildman–Crippen MR) is 70.7 cm³/mol. The van der Waals surface area contributed by atoms with Gasteiger partial charge in [0.2, 0.25) is 5.89 Å². The highest BCUT2D eigenvalue weighted by atomic mass is 16.5. The molecule has 0 fully saturated rings. The molecule has 21 heavy (non-hydrogen) atoms. The number of carboxylic acids is 1. The molecule has 2 N–H and O–H groups in total. The van der Waals surface area contributed by atoms with Crippen molar-refractivity contribution < 1.29 is 19.2 Å². The highest BCUT2D eigenvalue weighted by Gasteiger charge is 2.28. The Hall–Kier alpha value is -2.77. The lowest BCUT2D eigenvalue weighted by molar-refractivity contribution is 0.0690. The molecule has 0 atom stereocenters. The molecule has 0 aliphatic carbocycles. The lowest BCUT2D eigenvalue weighted by Crippen LogP contribution is -2.42. The van der Waals surface area contributed by atoms with Crippen LogP contribution in [0.1, 0.15) is 46.4 Å². The zero-order valence-corrected chi connectivity index (χ0v) is 11.7. The monoisotopic (exact) mass is 290 g/mol. The van der Waals surface area contributed by atoms with Gasteiger partial charge in [-0.25, -0.2) is 9.78 Å². The number of aryl methyl sites for hydroxylation is 1.